The van der Waals surface area contributed by atoms with Gasteiger partial charge in [-0.2, -0.15) is 5.26 Å². The van der Waals surface area contributed by atoms with E-state index in [0.29, 0.717) is 27.8 Å². The Hall–Kier alpha value is -3.60. The number of amides is 1. The average Bonchev–Trinajstić information content (AvgIpc) is 3.17. The van der Waals surface area contributed by atoms with Gasteiger partial charge in [-0.1, -0.05) is 42.8 Å². The first-order chi connectivity index (χ1) is 16.9. The van der Waals surface area contributed by atoms with E-state index in [9.17, 15) is 14.9 Å². The molecule has 1 aromatic heterocycles. The summed E-state index contributed by atoms with van der Waals surface area (Å²) in [6, 6.07) is 16.1. The number of nitrogens with zero attached hydrogens (tertiary/aromatic N) is 1. The number of nitriles is 1. The Morgan fingerprint density at radius 2 is 1.80 bits per heavy atom. The molecule has 0 unspecified atom stereocenters. The maximum absolute atomic E-state index is 13.0. The van der Waals surface area contributed by atoms with E-state index in [1.165, 1.54) is 17.4 Å². The minimum absolute atomic E-state index is 0.0962. The molecule has 8 heteroatoms. The highest BCUT2D eigenvalue weighted by molar-refractivity contribution is 7.17. The van der Waals surface area contributed by atoms with Crippen LogP contribution in [0.25, 0.3) is 17.2 Å². The van der Waals surface area contributed by atoms with E-state index in [1.54, 1.807) is 55.5 Å². The molecule has 0 saturated carbocycles. The van der Waals surface area contributed by atoms with Crippen molar-refractivity contribution in [3.05, 3.63) is 75.1 Å². The molecule has 0 saturated heterocycles. The van der Waals surface area contributed by atoms with Crippen LogP contribution in [0.2, 0.25) is 5.02 Å². The molecule has 0 aliphatic heterocycles. The molecule has 1 N–H and O–H groups in total. The van der Waals surface area contributed by atoms with Gasteiger partial charge in [0.2, 0.25) is 0 Å². The second kappa shape index (κ2) is 12.2. The third-order valence-corrected chi connectivity index (χ3v) is 6.23. The molecule has 1 heterocycles. The first-order valence-electron chi connectivity index (χ1n) is 11.1. The molecule has 0 radical (unpaired) electrons. The van der Waals surface area contributed by atoms with Crippen molar-refractivity contribution in [1.82, 2.24) is 0 Å². The number of thiophene rings is 1. The molecule has 2 aromatic carbocycles. The lowest BCUT2D eigenvalue weighted by Gasteiger charge is -2.09. The number of aryl methyl sites for hydroxylation is 1. The summed E-state index contributed by atoms with van der Waals surface area (Å²) in [6.45, 7) is 6.39. The van der Waals surface area contributed by atoms with Crippen LogP contribution in [-0.2, 0) is 9.53 Å². The SMILES string of the molecule is CCCOc1ccc(/C=C(\C#N)C(=O)Nc2sc(C)c(-c3ccc(Cl)cc3)c2C(=O)OCC)cc1. The summed E-state index contributed by atoms with van der Waals surface area (Å²) >= 11 is 7.27. The van der Waals surface area contributed by atoms with E-state index in [4.69, 9.17) is 21.1 Å². The number of hydrogen-bond donors (Lipinski definition) is 1. The van der Waals surface area contributed by atoms with Crippen molar-refractivity contribution in [1.29, 1.82) is 5.26 Å². The average molecular weight is 509 g/mol. The van der Waals surface area contributed by atoms with Crippen molar-refractivity contribution in [3.8, 4) is 22.9 Å². The molecule has 3 aromatic rings. The van der Waals surface area contributed by atoms with Gasteiger partial charge in [0.1, 0.15) is 28.0 Å². The Morgan fingerprint density at radius 1 is 1.11 bits per heavy atom. The lowest BCUT2D eigenvalue weighted by atomic mass is 10.0. The highest BCUT2D eigenvalue weighted by Gasteiger charge is 2.26. The first-order valence-corrected chi connectivity index (χ1v) is 12.3. The molecule has 0 bridgehead atoms. The van der Waals surface area contributed by atoms with Crippen molar-refractivity contribution in [2.45, 2.75) is 27.2 Å². The third kappa shape index (κ3) is 6.50. The lowest BCUT2D eigenvalue weighted by Crippen LogP contribution is -2.16. The zero-order valence-corrected chi connectivity index (χ0v) is 21.3. The molecule has 0 spiro atoms. The second-order valence-electron chi connectivity index (χ2n) is 7.51. The number of anilines is 1. The minimum Gasteiger partial charge on any atom is -0.494 e. The van der Waals surface area contributed by atoms with E-state index in [2.05, 4.69) is 5.32 Å². The van der Waals surface area contributed by atoms with Gasteiger partial charge < -0.3 is 14.8 Å². The van der Waals surface area contributed by atoms with Gasteiger partial charge in [-0.15, -0.1) is 11.3 Å². The van der Waals surface area contributed by atoms with Crippen molar-refractivity contribution < 1.29 is 19.1 Å². The molecule has 0 aliphatic rings. The molecular weight excluding hydrogens is 484 g/mol. The van der Waals surface area contributed by atoms with Crippen LogP contribution in [-0.4, -0.2) is 25.1 Å². The van der Waals surface area contributed by atoms with Gasteiger partial charge in [-0.05, 0) is 61.7 Å². The van der Waals surface area contributed by atoms with Crippen LogP contribution in [0.1, 0.15) is 41.1 Å². The van der Waals surface area contributed by atoms with E-state index in [0.717, 1.165) is 22.6 Å². The maximum Gasteiger partial charge on any atom is 0.341 e. The van der Waals surface area contributed by atoms with Gasteiger partial charge in [-0.3, -0.25) is 4.79 Å². The van der Waals surface area contributed by atoms with Gasteiger partial charge in [-0.25, -0.2) is 4.79 Å². The lowest BCUT2D eigenvalue weighted by molar-refractivity contribution is -0.112. The third-order valence-electron chi connectivity index (χ3n) is 4.95. The summed E-state index contributed by atoms with van der Waals surface area (Å²) in [5, 5.41) is 13.3. The van der Waals surface area contributed by atoms with Gasteiger partial charge in [0.25, 0.3) is 5.91 Å². The molecule has 0 fully saturated rings. The van der Waals surface area contributed by atoms with Gasteiger partial charge >= 0.3 is 5.97 Å². The Kier molecular flexibility index (Phi) is 9.07. The van der Waals surface area contributed by atoms with Crippen LogP contribution in [0.4, 0.5) is 5.00 Å². The normalized spacial score (nSPS) is 11.0. The fourth-order valence-corrected chi connectivity index (χ4v) is 4.55. The van der Waals surface area contributed by atoms with E-state index in [1.807, 2.05) is 19.9 Å². The molecule has 6 nitrogen and oxygen atoms in total. The summed E-state index contributed by atoms with van der Waals surface area (Å²) in [5.74, 6) is -0.453. The predicted octanol–water partition coefficient (Wildman–Crippen LogP) is 6.89. The van der Waals surface area contributed by atoms with Crippen molar-refractivity contribution >= 4 is 45.9 Å². The molecule has 35 heavy (non-hydrogen) atoms. The number of ether oxygens (including phenoxy) is 2. The van der Waals surface area contributed by atoms with Crippen LogP contribution in [0.5, 0.6) is 5.75 Å². The number of hydrogen-bond acceptors (Lipinski definition) is 6. The number of benzene rings is 2. The molecule has 180 valence electrons. The summed E-state index contributed by atoms with van der Waals surface area (Å²) in [6.07, 6.45) is 2.39. The second-order valence-corrected chi connectivity index (χ2v) is 9.17. The Bertz CT molecular complexity index is 1270. The monoisotopic (exact) mass is 508 g/mol. The zero-order valence-electron chi connectivity index (χ0n) is 19.7. The van der Waals surface area contributed by atoms with E-state index >= 15 is 0 Å². The number of carbonyl (C=O) groups is 2. The molecule has 0 atom stereocenters. The molecule has 0 aliphatic carbocycles. The summed E-state index contributed by atoms with van der Waals surface area (Å²) in [4.78, 5) is 26.7. The van der Waals surface area contributed by atoms with Gasteiger partial charge in [0.15, 0.2) is 0 Å². The quantitative estimate of drug-likeness (QED) is 0.193. The van der Waals surface area contributed by atoms with E-state index < -0.39 is 11.9 Å². The van der Waals surface area contributed by atoms with Crippen molar-refractivity contribution in [2.75, 3.05) is 18.5 Å². The Labute approximate surface area is 213 Å². The largest absolute Gasteiger partial charge is 0.494 e. The highest BCUT2D eigenvalue weighted by atomic mass is 35.5. The van der Waals surface area contributed by atoms with Crippen molar-refractivity contribution in [2.24, 2.45) is 0 Å². The van der Waals surface area contributed by atoms with Crippen LogP contribution in [0.3, 0.4) is 0 Å². The smallest absolute Gasteiger partial charge is 0.341 e. The standard InChI is InChI=1S/C27H25ClN2O4S/c1-4-14-34-22-12-6-18(7-13-22)15-20(16-29)25(31)30-26-24(27(32)33-5-2)23(17(3)35-26)19-8-10-21(28)11-9-19/h6-13,15H,4-5,14H2,1-3H3,(H,30,31)/b20-15+. The van der Waals surface area contributed by atoms with Gasteiger partial charge in [0, 0.05) is 15.5 Å². The van der Waals surface area contributed by atoms with E-state index in [-0.39, 0.29) is 17.7 Å². The fourth-order valence-electron chi connectivity index (χ4n) is 3.36. The fraction of sp³-hybridized carbons (Fsp3) is 0.222. The van der Waals surface area contributed by atoms with Crippen LogP contribution in [0.15, 0.2) is 54.1 Å². The molecular formula is C27H25ClN2O4S. The first kappa shape index (κ1) is 26.0. The van der Waals surface area contributed by atoms with Gasteiger partial charge in [0.05, 0.1) is 13.2 Å². The zero-order chi connectivity index (χ0) is 25.4. The van der Waals surface area contributed by atoms with Crippen molar-refractivity contribution in [3.63, 3.8) is 0 Å². The summed E-state index contributed by atoms with van der Waals surface area (Å²) in [7, 11) is 0. The number of rotatable bonds is 9. The highest BCUT2D eigenvalue weighted by Crippen LogP contribution is 2.41. The number of nitrogens with one attached hydrogen (secondary N) is 1. The Morgan fingerprint density at radius 3 is 2.40 bits per heavy atom. The minimum atomic E-state index is -0.617. The van der Waals surface area contributed by atoms with Crippen LogP contribution >= 0.6 is 22.9 Å². The number of halogens is 1. The predicted molar refractivity (Wildman–Crippen MR) is 140 cm³/mol. The topological polar surface area (TPSA) is 88.4 Å². The number of carbonyl (C=O) groups excluding carboxylic acids is 2. The molecule has 1 amide bonds. The number of esters is 1. The summed E-state index contributed by atoms with van der Waals surface area (Å²) in [5.41, 5.74) is 2.26. The molecule has 3 rings (SSSR count). The van der Waals surface area contributed by atoms with Crippen LogP contribution in [0, 0.1) is 18.3 Å². The summed E-state index contributed by atoms with van der Waals surface area (Å²) < 4.78 is 10.8. The Balaban J connectivity index is 1.93. The maximum atomic E-state index is 13.0. The van der Waals surface area contributed by atoms with Crippen LogP contribution < -0.4 is 10.1 Å².